The fraction of sp³-hybridized carbons (Fsp3) is 0.615. The molecule has 0 saturated heterocycles. The molecule has 0 radical (unpaired) electrons. The number of carbonyl (C=O) groups is 1. The standard InChI is InChI=1S/C26H37N3O3S/c1-4-26(17-19-10-8-11-20(16-19)18-26)27-24(30)22-23(33-21-12-6-5-7-13-21)25(28-32-22)31-15-9-14-29(2)3/h5-7,12-13,19-20H,4,8-11,14-18H2,1-3H3,(H,27,30). The average molecular weight is 472 g/mol. The molecule has 2 aliphatic rings. The van der Waals surface area contributed by atoms with Crippen LogP contribution in [0.5, 0.6) is 5.88 Å². The van der Waals surface area contributed by atoms with Gasteiger partial charge in [0, 0.05) is 17.0 Å². The van der Waals surface area contributed by atoms with Crippen LogP contribution in [-0.2, 0) is 0 Å². The normalized spacial score (nSPS) is 24.6. The lowest BCUT2D eigenvalue weighted by Crippen LogP contribution is -2.53. The van der Waals surface area contributed by atoms with Crippen LogP contribution in [0.15, 0.2) is 44.6 Å². The highest BCUT2D eigenvalue weighted by atomic mass is 32.2. The summed E-state index contributed by atoms with van der Waals surface area (Å²) in [6.45, 7) is 3.64. The van der Waals surface area contributed by atoms with Gasteiger partial charge in [-0.25, -0.2) is 0 Å². The molecule has 2 atom stereocenters. The number of fused-ring (bicyclic) bond motifs is 2. The molecular formula is C26H37N3O3S. The van der Waals surface area contributed by atoms with E-state index in [2.05, 4.69) is 22.3 Å². The number of carbonyl (C=O) groups excluding carboxylic acids is 1. The molecule has 7 heteroatoms. The number of nitrogens with zero attached hydrogens (tertiary/aromatic N) is 2. The van der Waals surface area contributed by atoms with Gasteiger partial charge in [-0.05, 0) is 75.3 Å². The maximum absolute atomic E-state index is 13.5. The number of hydrogen-bond donors (Lipinski definition) is 1. The van der Waals surface area contributed by atoms with Crippen molar-refractivity contribution in [1.29, 1.82) is 0 Å². The van der Waals surface area contributed by atoms with E-state index in [1.54, 1.807) is 0 Å². The number of benzene rings is 1. The quantitative estimate of drug-likeness (QED) is 0.453. The Morgan fingerprint density at radius 3 is 2.64 bits per heavy atom. The van der Waals surface area contributed by atoms with Gasteiger partial charge in [-0.3, -0.25) is 4.79 Å². The van der Waals surface area contributed by atoms with Gasteiger partial charge in [-0.1, -0.05) is 56.1 Å². The van der Waals surface area contributed by atoms with Gasteiger partial charge >= 0.3 is 0 Å². The minimum absolute atomic E-state index is 0.153. The van der Waals surface area contributed by atoms with Gasteiger partial charge < -0.3 is 19.5 Å². The van der Waals surface area contributed by atoms with E-state index in [9.17, 15) is 4.79 Å². The third kappa shape index (κ3) is 6.12. The number of rotatable bonds is 10. The Labute approximate surface area is 201 Å². The Morgan fingerprint density at radius 1 is 1.24 bits per heavy atom. The first-order chi connectivity index (χ1) is 16.0. The summed E-state index contributed by atoms with van der Waals surface area (Å²) in [6.07, 6.45) is 9.17. The Bertz CT molecular complexity index is 903. The molecule has 1 heterocycles. The third-order valence-electron chi connectivity index (χ3n) is 7.08. The van der Waals surface area contributed by atoms with Crippen molar-refractivity contribution in [2.45, 2.75) is 73.6 Å². The van der Waals surface area contributed by atoms with Crippen LogP contribution in [0.25, 0.3) is 0 Å². The molecule has 4 rings (SSSR count). The lowest BCUT2D eigenvalue weighted by molar-refractivity contribution is 0.0625. The lowest BCUT2D eigenvalue weighted by Gasteiger charge is -2.47. The van der Waals surface area contributed by atoms with E-state index in [1.165, 1.54) is 37.4 Å². The molecule has 1 aromatic carbocycles. The Hall–Kier alpha value is -1.99. The van der Waals surface area contributed by atoms with Gasteiger partial charge in [0.15, 0.2) is 0 Å². The molecule has 1 aromatic heterocycles. The second kappa shape index (κ2) is 11.0. The van der Waals surface area contributed by atoms with E-state index in [-0.39, 0.29) is 17.2 Å². The van der Waals surface area contributed by atoms with Gasteiger partial charge in [-0.15, -0.1) is 0 Å². The number of nitrogens with one attached hydrogen (secondary N) is 1. The molecule has 2 saturated carbocycles. The van der Waals surface area contributed by atoms with Crippen LogP contribution in [0.3, 0.4) is 0 Å². The van der Waals surface area contributed by atoms with E-state index in [0.717, 1.165) is 49.0 Å². The van der Waals surface area contributed by atoms with Crippen LogP contribution in [-0.4, -0.2) is 48.7 Å². The van der Waals surface area contributed by atoms with Gasteiger partial charge in [0.2, 0.25) is 5.76 Å². The van der Waals surface area contributed by atoms with Crippen LogP contribution < -0.4 is 10.1 Å². The van der Waals surface area contributed by atoms with Crippen LogP contribution in [0.2, 0.25) is 0 Å². The molecule has 2 aliphatic carbocycles. The summed E-state index contributed by atoms with van der Waals surface area (Å²) in [7, 11) is 4.08. The highest BCUT2D eigenvalue weighted by Gasteiger charge is 2.43. The molecule has 2 aromatic rings. The van der Waals surface area contributed by atoms with Gasteiger partial charge in [-0.2, -0.15) is 0 Å². The van der Waals surface area contributed by atoms with E-state index in [1.807, 2.05) is 44.4 Å². The Kier molecular flexibility index (Phi) is 8.02. The van der Waals surface area contributed by atoms with Gasteiger partial charge in [0.25, 0.3) is 11.8 Å². The fourth-order valence-corrected chi connectivity index (χ4v) is 6.42. The predicted octanol–water partition coefficient (Wildman–Crippen LogP) is 5.64. The van der Waals surface area contributed by atoms with Crippen LogP contribution in [0, 0.1) is 11.8 Å². The topological polar surface area (TPSA) is 67.6 Å². The lowest BCUT2D eigenvalue weighted by atomic mass is 9.64. The Morgan fingerprint density at radius 2 is 1.97 bits per heavy atom. The maximum atomic E-state index is 13.5. The van der Waals surface area contributed by atoms with Crippen molar-refractivity contribution in [3.8, 4) is 5.88 Å². The predicted molar refractivity (Wildman–Crippen MR) is 131 cm³/mol. The monoisotopic (exact) mass is 471 g/mol. The summed E-state index contributed by atoms with van der Waals surface area (Å²) in [5.41, 5.74) is -0.153. The summed E-state index contributed by atoms with van der Waals surface area (Å²) < 4.78 is 11.6. The minimum atomic E-state index is -0.175. The SMILES string of the molecule is CCC1(NC(=O)c2onc(OCCCN(C)C)c2Sc2ccccc2)CC2CCCC(C2)C1. The highest BCUT2D eigenvalue weighted by molar-refractivity contribution is 7.99. The molecule has 33 heavy (non-hydrogen) atoms. The third-order valence-corrected chi connectivity index (χ3v) is 8.16. The van der Waals surface area contributed by atoms with Crippen molar-refractivity contribution in [3.05, 3.63) is 36.1 Å². The largest absolute Gasteiger partial charge is 0.475 e. The molecule has 2 unspecified atom stereocenters. The number of ether oxygens (including phenoxy) is 1. The van der Waals surface area contributed by atoms with Crippen LogP contribution in [0.4, 0.5) is 0 Å². The van der Waals surface area contributed by atoms with E-state index >= 15 is 0 Å². The number of hydrogen-bond acceptors (Lipinski definition) is 6. The summed E-state index contributed by atoms with van der Waals surface area (Å²) in [5, 5.41) is 7.56. The molecule has 180 valence electrons. The first-order valence-electron chi connectivity index (χ1n) is 12.3. The van der Waals surface area contributed by atoms with E-state index < -0.39 is 0 Å². The zero-order valence-electron chi connectivity index (χ0n) is 20.1. The molecule has 6 nitrogen and oxygen atoms in total. The summed E-state index contributed by atoms with van der Waals surface area (Å²) in [6, 6.07) is 9.99. The summed E-state index contributed by atoms with van der Waals surface area (Å²) in [4.78, 5) is 17.3. The molecule has 2 bridgehead atoms. The summed E-state index contributed by atoms with van der Waals surface area (Å²) in [5.74, 6) is 1.93. The minimum Gasteiger partial charge on any atom is -0.475 e. The van der Waals surface area contributed by atoms with Crippen molar-refractivity contribution in [2.24, 2.45) is 11.8 Å². The second-order valence-electron chi connectivity index (χ2n) is 9.96. The van der Waals surface area contributed by atoms with Gasteiger partial charge in [0.05, 0.1) is 6.61 Å². The van der Waals surface area contributed by atoms with Crippen molar-refractivity contribution < 1.29 is 14.1 Å². The van der Waals surface area contributed by atoms with Crippen molar-refractivity contribution >= 4 is 17.7 Å². The smallest absolute Gasteiger partial charge is 0.291 e. The Balaban J connectivity index is 1.53. The van der Waals surface area contributed by atoms with Gasteiger partial charge in [0.1, 0.15) is 4.90 Å². The average Bonchev–Trinajstić information content (AvgIpc) is 3.19. The van der Waals surface area contributed by atoms with Crippen molar-refractivity contribution in [2.75, 3.05) is 27.2 Å². The van der Waals surface area contributed by atoms with Crippen molar-refractivity contribution in [3.63, 3.8) is 0 Å². The number of aromatic nitrogens is 1. The van der Waals surface area contributed by atoms with Crippen LogP contribution >= 0.6 is 11.8 Å². The molecule has 1 amide bonds. The zero-order valence-corrected chi connectivity index (χ0v) is 21.0. The molecule has 1 N–H and O–H groups in total. The van der Waals surface area contributed by atoms with E-state index in [4.69, 9.17) is 9.26 Å². The molecule has 0 spiro atoms. The highest BCUT2D eigenvalue weighted by Crippen LogP contribution is 2.46. The molecule has 2 fully saturated rings. The maximum Gasteiger partial charge on any atom is 0.291 e. The van der Waals surface area contributed by atoms with Crippen LogP contribution in [0.1, 0.15) is 68.8 Å². The van der Waals surface area contributed by atoms with Crippen molar-refractivity contribution in [1.82, 2.24) is 15.4 Å². The number of amides is 1. The first kappa shape index (κ1) is 24.1. The zero-order chi connectivity index (χ0) is 23.3. The second-order valence-corrected chi connectivity index (χ2v) is 11.0. The van der Waals surface area contributed by atoms with E-state index in [0.29, 0.717) is 17.4 Å². The fourth-order valence-electron chi connectivity index (χ4n) is 5.49. The summed E-state index contributed by atoms with van der Waals surface area (Å²) >= 11 is 1.47. The first-order valence-corrected chi connectivity index (χ1v) is 13.1. The molecule has 0 aliphatic heterocycles. The molecular weight excluding hydrogens is 434 g/mol.